The lowest BCUT2D eigenvalue weighted by Crippen LogP contribution is -1.91. The number of hydrogen-bond donors (Lipinski definition) is 3. The second-order valence-corrected chi connectivity index (χ2v) is 1.12. The van der Waals surface area contributed by atoms with Gasteiger partial charge in [-0.05, 0) is 0 Å². The van der Waals surface area contributed by atoms with Crippen LogP contribution in [0.15, 0.2) is 12.2 Å². The minimum Gasteiger partial charge on any atom is -0.483 e. The number of carbonyl (C=O) groups is 3. The van der Waals surface area contributed by atoms with E-state index in [9.17, 15) is 9.59 Å². The Kier molecular flexibility index (Phi) is 16.4. The first kappa shape index (κ1) is 16.6. The topological polar surface area (TPSA) is 143 Å². The van der Waals surface area contributed by atoms with E-state index in [2.05, 4.69) is 0 Å². The summed E-state index contributed by atoms with van der Waals surface area (Å²) in [5.41, 5.74) is 0. The van der Waals surface area contributed by atoms with Gasteiger partial charge in [0.05, 0.1) is 0 Å². The fourth-order valence-electron chi connectivity index (χ4n) is 0.143. The van der Waals surface area contributed by atoms with Gasteiger partial charge in [0.2, 0.25) is 0 Å². The van der Waals surface area contributed by atoms with Crippen LogP contribution in [0.5, 0.6) is 0 Å². The minimum atomic E-state index is -1.26. The Morgan fingerprint density at radius 3 is 1.25 bits per heavy atom. The fourth-order valence-corrected chi connectivity index (χ4v) is 0.143. The number of carboxylic acid groups (broad SMARTS) is 3. The van der Waals surface area contributed by atoms with E-state index in [4.69, 9.17) is 20.1 Å². The number of rotatable bonds is 2. The molecule has 0 bridgehead atoms. The van der Waals surface area contributed by atoms with Crippen molar-refractivity contribution in [2.24, 2.45) is 0 Å². The fraction of sp³-hybridized carbons (Fsp3) is 0. The predicted octanol–water partition coefficient (Wildman–Crippen LogP) is -1.41. The molecule has 0 saturated heterocycles. The molecule has 7 heteroatoms. The summed E-state index contributed by atoms with van der Waals surface area (Å²) in [6, 6.07) is 0. The van der Waals surface area contributed by atoms with Crippen molar-refractivity contribution in [1.82, 2.24) is 0 Å². The van der Waals surface area contributed by atoms with Gasteiger partial charge in [-0.3, -0.25) is 4.79 Å². The quantitative estimate of drug-likeness (QED) is 0.351. The Balaban J connectivity index is -0.000000177. The maximum atomic E-state index is 9.55. The summed E-state index contributed by atoms with van der Waals surface area (Å²) in [5, 5.41) is 22.5. The SMILES string of the molecule is O.O=C(O)/C=C/C(=O)O.O=CO. The minimum absolute atomic E-state index is 0. The molecular formula is C5H8O7. The molecule has 0 spiro atoms. The van der Waals surface area contributed by atoms with E-state index in [1.807, 2.05) is 0 Å². The average molecular weight is 180 g/mol. The van der Waals surface area contributed by atoms with Crippen molar-refractivity contribution in [3.63, 3.8) is 0 Å². The highest BCUT2D eigenvalue weighted by Gasteiger charge is 1.88. The number of aliphatic carboxylic acids is 2. The normalized spacial score (nSPS) is 7.33. The van der Waals surface area contributed by atoms with Gasteiger partial charge in [0.25, 0.3) is 6.47 Å². The van der Waals surface area contributed by atoms with Crippen molar-refractivity contribution < 1.29 is 35.2 Å². The summed E-state index contributed by atoms with van der Waals surface area (Å²) in [6.07, 6.45) is 1.12. The summed E-state index contributed by atoms with van der Waals surface area (Å²) in [6.45, 7) is -0.250. The zero-order chi connectivity index (χ0) is 9.28. The maximum Gasteiger partial charge on any atom is 0.328 e. The van der Waals surface area contributed by atoms with Crippen LogP contribution in [0.2, 0.25) is 0 Å². The van der Waals surface area contributed by atoms with E-state index >= 15 is 0 Å². The molecule has 0 radical (unpaired) electrons. The molecule has 0 saturated carbocycles. The molecule has 0 unspecified atom stereocenters. The van der Waals surface area contributed by atoms with Crippen LogP contribution in [0.4, 0.5) is 0 Å². The maximum absolute atomic E-state index is 9.55. The van der Waals surface area contributed by atoms with E-state index in [0.717, 1.165) is 0 Å². The molecule has 0 aromatic heterocycles. The molecule has 0 aliphatic carbocycles. The van der Waals surface area contributed by atoms with Gasteiger partial charge in [0.1, 0.15) is 0 Å². The Labute approximate surface area is 66.9 Å². The average Bonchev–Trinajstić information content (AvgIpc) is 1.85. The summed E-state index contributed by atoms with van der Waals surface area (Å²) in [7, 11) is 0. The third-order valence-corrected chi connectivity index (χ3v) is 0.368. The smallest absolute Gasteiger partial charge is 0.328 e. The lowest BCUT2D eigenvalue weighted by atomic mass is 10.5. The highest BCUT2D eigenvalue weighted by atomic mass is 16.4. The second kappa shape index (κ2) is 11.9. The van der Waals surface area contributed by atoms with Crippen LogP contribution in [-0.2, 0) is 14.4 Å². The van der Waals surface area contributed by atoms with E-state index in [0.29, 0.717) is 12.2 Å². The van der Waals surface area contributed by atoms with Crippen molar-refractivity contribution in [3.8, 4) is 0 Å². The summed E-state index contributed by atoms with van der Waals surface area (Å²) in [4.78, 5) is 27.5. The molecule has 0 fully saturated rings. The predicted molar refractivity (Wildman–Crippen MR) is 36.7 cm³/mol. The largest absolute Gasteiger partial charge is 0.483 e. The number of hydrogen-bond acceptors (Lipinski definition) is 3. The molecule has 12 heavy (non-hydrogen) atoms. The summed E-state index contributed by atoms with van der Waals surface area (Å²) < 4.78 is 0. The van der Waals surface area contributed by atoms with Crippen molar-refractivity contribution in [2.75, 3.05) is 0 Å². The van der Waals surface area contributed by atoms with Crippen molar-refractivity contribution in [3.05, 3.63) is 12.2 Å². The van der Waals surface area contributed by atoms with Crippen molar-refractivity contribution in [1.29, 1.82) is 0 Å². The van der Waals surface area contributed by atoms with E-state index in [-0.39, 0.29) is 11.9 Å². The third kappa shape index (κ3) is 42.4. The van der Waals surface area contributed by atoms with Crippen LogP contribution in [0, 0.1) is 0 Å². The van der Waals surface area contributed by atoms with Gasteiger partial charge in [-0.15, -0.1) is 0 Å². The van der Waals surface area contributed by atoms with Gasteiger partial charge >= 0.3 is 11.9 Å². The molecule has 7 nitrogen and oxygen atoms in total. The zero-order valence-corrected chi connectivity index (χ0v) is 5.80. The third-order valence-electron chi connectivity index (χ3n) is 0.368. The Bertz CT molecular complexity index is 155. The van der Waals surface area contributed by atoms with Gasteiger partial charge in [-0.25, -0.2) is 9.59 Å². The lowest BCUT2D eigenvalue weighted by Gasteiger charge is -1.74. The summed E-state index contributed by atoms with van der Waals surface area (Å²) >= 11 is 0. The van der Waals surface area contributed by atoms with E-state index < -0.39 is 11.9 Å². The van der Waals surface area contributed by atoms with Gasteiger partial charge in [0, 0.05) is 12.2 Å². The first-order chi connectivity index (χ1) is 5.04. The lowest BCUT2D eigenvalue weighted by molar-refractivity contribution is -0.134. The van der Waals surface area contributed by atoms with Gasteiger partial charge in [-0.2, -0.15) is 0 Å². The van der Waals surface area contributed by atoms with Crippen LogP contribution in [0.25, 0.3) is 0 Å². The Morgan fingerprint density at radius 1 is 1.00 bits per heavy atom. The zero-order valence-electron chi connectivity index (χ0n) is 5.80. The highest BCUT2D eigenvalue weighted by Crippen LogP contribution is 1.70. The van der Waals surface area contributed by atoms with Crippen LogP contribution >= 0.6 is 0 Å². The van der Waals surface area contributed by atoms with Crippen LogP contribution < -0.4 is 0 Å². The van der Waals surface area contributed by atoms with Crippen molar-refractivity contribution in [2.45, 2.75) is 0 Å². The molecule has 0 heterocycles. The molecule has 0 aromatic rings. The molecule has 0 rings (SSSR count). The first-order valence-electron chi connectivity index (χ1n) is 2.26. The molecule has 0 aromatic carbocycles. The molecule has 0 aliphatic rings. The molecule has 0 atom stereocenters. The van der Waals surface area contributed by atoms with Gasteiger partial charge < -0.3 is 20.8 Å². The first-order valence-corrected chi connectivity index (χ1v) is 2.26. The standard InChI is InChI=1S/C4H4O4.CH2O2.H2O/c5-3(6)1-2-4(7)8;2-1-3;/h1-2H,(H,5,6)(H,7,8);1H,(H,2,3);1H2/b2-1+;;. The Hall–Kier alpha value is -1.89. The van der Waals surface area contributed by atoms with Crippen molar-refractivity contribution >= 4 is 18.4 Å². The molecular weight excluding hydrogens is 172 g/mol. The highest BCUT2D eigenvalue weighted by molar-refractivity contribution is 5.89. The molecule has 0 amide bonds. The Morgan fingerprint density at radius 2 is 1.17 bits per heavy atom. The van der Waals surface area contributed by atoms with Crippen LogP contribution in [0.3, 0.4) is 0 Å². The van der Waals surface area contributed by atoms with Crippen LogP contribution in [-0.4, -0.2) is 39.2 Å². The van der Waals surface area contributed by atoms with Gasteiger partial charge in [-0.1, -0.05) is 0 Å². The summed E-state index contributed by atoms with van der Waals surface area (Å²) in [5.74, 6) is -2.51. The monoisotopic (exact) mass is 180 g/mol. The second-order valence-electron chi connectivity index (χ2n) is 1.12. The van der Waals surface area contributed by atoms with Gasteiger partial charge in [0.15, 0.2) is 0 Å². The van der Waals surface area contributed by atoms with E-state index in [1.165, 1.54) is 0 Å². The number of carboxylic acids is 2. The van der Waals surface area contributed by atoms with Crippen LogP contribution in [0.1, 0.15) is 0 Å². The molecule has 5 N–H and O–H groups in total. The molecule has 70 valence electrons. The molecule has 0 aliphatic heterocycles. The van der Waals surface area contributed by atoms with E-state index in [1.54, 1.807) is 0 Å².